The van der Waals surface area contributed by atoms with Gasteiger partial charge in [-0.15, -0.1) is 0 Å². The zero-order valence-corrected chi connectivity index (χ0v) is 12.8. The molecule has 1 saturated heterocycles. The molecular weight excluding hydrogens is 244 g/mol. The molecule has 1 rings (SSSR count). The highest BCUT2D eigenvalue weighted by Crippen LogP contribution is 2.25. The quantitative estimate of drug-likeness (QED) is 0.821. The van der Waals surface area contributed by atoms with E-state index >= 15 is 0 Å². The summed E-state index contributed by atoms with van der Waals surface area (Å²) in [7, 11) is 1.73. The lowest BCUT2D eigenvalue weighted by Gasteiger charge is -2.37. The van der Waals surface area contributed by atoms with Crippen LogP contribution in [0.1, 0.15) is 47.0 Å². The Bertz CT molecular complexity index is 306. The smallest absolute Gasteiger partial charge is 0.410 e. The van der Waals surface area contributed by atoms with Crippen molar-refractivity contribution in [2.24, 2.45) is 0 Å². The normalized spacial score (nSPS) is 20.7. The maximum atomic E-state index is 12.0. The summed E-state index contributed by atoms with van der Waals surface area (Å²) in [6.45, 7) is 9.17. The number of hydrogen-bond acceptors (Lipinski definition) is 4. The van der Waals surface area contributed by atoms with Crippen LogP contribution in [0.2, 0.25) is 0 Å². The molecule has 0 bridgehead atoms. The SMILES string of the molecule is CC(CC1(O)CCNCC1)N(C)C(=O)OC(C)(C)C. The Kier molecular flexibility index (Phi) is 5.21. The molecule has 1 unspecified atom stereocenters. The van der Waals surface area contributed by atoms with Crippen LogP contribution in [0.15, 0.2) is 0 Å². The fourth-order valence-corrected chi connectivity index (χ4v) is 2.30. The van der Waals surface area contributed by atoms with Gasteiger partial charge in [-0.3, -0.25) is 0 Å². The van der Waals surface area contributed by atoms with Crippen molar-refractivity contribution < 1.29 is 14.6 Å². The Balaban J connectivity index is 2.52. The summed E-state index contributed by atoms with van der Waals surface area (Å²) >= 11 is 0. The van der Waals surface area contributed by atoms with E-state index in [9.17, 15) is 9.90 Å². The third kappa shape index (κ3) is 5.37. The third-order valence-electron chi connectivity index (χ3n) is 3.55. The molecular formula is C14H28N2O3. The van der Waals surface area contributed by atoms with E-state index in [1.54, 1.807) is 11.9 Å². The first-order valence-corrected chi connectivity index (χ1v) is 7.02. The third-order valence-corrected chi connectivity index (χ3v) is 3.55. The first-order chi connectivity index (χ1) is 8.63. The van der Waals surface area contributed by atoms with Gasteiger partial charge in [0.05, 0.1) is 5.60 Å². The Labute approximate surface area is 116 Å². The van der Waals surface area contributed by atoms with Crippen molar-refractivity contribution >= 4 is 6.09 Å². The van der Waals surface area contributed by atoms with Gasteiger partial charge in [0.2, 0.25) is 0 Å². The number of rotatable bonds is 3. The van der Waals surface area contributed by atoms with Gasteiger partial charge in [-0.05, 0) is 60.0 Å². The summed E-state index contributed by atoms with van der Waals surface area (Å²) in [6.07, 6.45) is 1.72. The Morgan fingerprint density at radius 3 is 2.42 bits per heavy atom. The summed E-state index contributed by atoms with van der Waals surface area (Å²) < 4.78 is 5.34. The van der Waals surface area contributed by atoms with Crippen molar-refractivity contribution in [2.45, 2.75) is 64.2 Å². The monoisotopic (exact) mass is 272 g/mol. The van der Waals surface area contributed by atoms with Crippen molar-refractivity contribution in [3.8, 4) is 0 Å². The van der Waals surface area contributed by atoms with E-state index in [2.05, 4.69) is 5.32 Å². The molecule has 0 aliphatic carbocycles. The maximum absolute atomic E-state index is 12.0. The summed E-state index contributed by atoms with van der Waals surface area (Å²) in [6, 6.07) is -0.0436. The van der Waals surface area contributed by atoms with Crippen LogP contribution in [0, 0.1) is 0 Å². The molecule has 5 nitrogen and oxygen atoms in total. The second kappa shape index (κ2) is 6.09. The van der Waals surface area contributed by atoms with Crippen molar-refractivity contribution in [1.82, 2.24) is 10.2 Å². The lowest BCUT2D eigenvalue weighted by molar-refractivity contribution is -0.0229. The van der Waals surface area contributed by atoms with Crippen LogP contribution in [0.4, 0.5) is 4.79 Å². The molecule has 112 valence electrons. The van der Waals surface area contributed by atoms with Gasteiger partial charge in [0.15, 0.2) is 0 Å². The second-order valence-corrected chi connectivity index (χ2v) is 6.62. The molecule has 1 aliphatic rings. The van der Waals surface area contributed by atoms with Crippen molar-refractivity contribution in [3.05, 3.63) is 0 Å². The van der Waals surface area contributed by atoms with Gasteiger partial charge in [-0.1, -0.05) is 0 Å². The molecule has 0 radical (unpaired) electrons. The molecule has 1 fully saturated rings. The standard InChI is InChI=1S/C14H28N2O3/c1-11(10-14(18)6-8-15-9-7-14)16(5)12(17)19-13(2,3)4/h11,15,18H,6-10H2,1-5H3. The summed E-state index contributed by atoms with van der Waals surface area (Å²) in [5.41, 5.74) is -1.16. The van der Waals surface area contributed by atoms with E-state index < -0.39 is 11.2 Å². The molecule has 1 heterocycles. The van der Waals surface area contributed by atoms with E-state index in [-0.39, 0.29) is 12.1 Å². The molecule has 0 aromatic carbocycles. The zero-order valence-electron chi connectivity index (χ0n) is 12.8. The molecule has 0 aromatic rings. The molecule has 5 heteroatoms. The van der Waals surface area contributed by atoms with E-state index in [0.717, 1.165) is 25.9 Å². The van der Waals surface area contributed by atoms with Crippen molar-refractivity contribution in [2.75, 3.05) is 20.1 Å². The first kappa shape index (κ1) is 16.2. The van der Waals surface area contributed by atoms with Crippen LogP contribution in [0.25, 0.3) is 0 Å². The second-order valence-electron chi connectivity index (χ2n) is 6.62. The van der Waals surface area contributed by atoms with E-state index in [4.69, 9.17) is 4.74 Å². The Hall–Kier alpha value is -0.810. The number of nitrogens with zero attached hydrogens (tertiary/aromatic N) is 1. The minimum atomic E-state index is -0.666. The van der Waals surface area contributed by atoms with Gasteiger partial charge < -0.3 is 20.1 Å². The van der Waals surface area contributed by atoms with Gasteiger partial charge >= 0.3 is 6.09 Å². The number of nitrogens with one attached hydrogen (secondary N) is 1. The molecule has 1 aliphatic heterocycles. The molecule has 1 atom stereocenters. The number of hydrogen-bond donors (Lipinski definition) is 2. The minimum Gasteiger partial charge on any atom is -0.444 e. The number of amides is 1. The fraction of sp³-hybridized carbons (Fsp3) is 0.929. The highest BCUT2D eigenvalue weighted by atomic mass is 16.6. The first-order valence-electron chi connectivity index (χ1n) is 7.02. The van der Waals surface area contributed by atoms with Crippen LogP contribution in [-0.4, -0.2) is 53.5 Å². The number of piperidine rings is 1. The molecule has 0 spiro atoms. The number of ether oxygens (including phenoxy) is 1. The highest BCUT2D eigenvalue weighted by molar-refractivity contribution is 5.68. The van der Waals surface area contributed by atoms with E-state index in [1.807, 2.05) is 27.7 Å². The van der Waals surface area contributed by atoms with Gasteiger partial charge in [0, 0.05) is 13.1 Å². The van der Waals surface area contributed by atoms with Gasteiger partial charge in [0.25, 0.3) is 0 Å². The lowest BCUT2D eigenvalue weighted by atomic mass is 9.86. The van der Waals surface area contributed by atoms with Gasteiger partial charge in [0.1, 0.15) is 5.60 Å². The van der Waals surface area contributed by atoms with E-state index in [1.165, 1.54) is 0 Å². The molecule has 19 heavy (non-hydrogen) atoms. The van der Waals surface area contributed by atoms with Crippen LogP contribution in [-0.2, 0) is 4.74 Å². The average Bonchev–Trinajstić information content (AvgIpc) is 2.25. The average molecular weight is 272 g/mol. The molecule has 0 saturated carbocycles. The summed E-state index contributed by atoms with van der Waals surface area (Å²) in [4.78, 5) is 13.5. The highest BCUT2D eigenvalue weighted by Gasteiger charge is 2.33. The molecule has 2 N–H and O–H groups in total. The predicted octanol–water partition coefficient (Wildman–Crippen LogP) is 1.75. The van der Waals surface area contributed by atoms with Crippen molar-refractivity contribution in [3.63, 3.8) is 0 Å². The number of carbonyl (C=O) groups is 1. The topological polar surface area (TPSA) is 61.8 Å². The minimum absolute atomic E-state index is 0.0436. The summed E-state index contributed by atoms with van der Waals surface area (Å²) in [5.74, 6) is 0. The molecule has 0 aromatic heterocycles. The van der Waals surface area contributed by atoms with E-state index in [0.29, 0.717) is 6.42 Å². The van der Waals surface area contributed by atoms with Gasteiger partial charge in [-0.25, -0.2) is 4.79 Å². The van der Waals surface area contributed by atoms with Crippen molar-refractivity contribution in [1.29, 1.82) is 0 Å². The number of carbonyl (C=O) groups excluding carboxylic acids is 1. The van der Waals surface area contributed by atoms with Gasteiger partial charge in [-0.2, -0.15) is 0 Å². The van der Waals surface area contributed by atoms with Crippen LogP contribution >= 0.6 is 0 Å². The van der Waals surface area contributed by atoms with Crippen LogP contribution in [0.5, 0.6) is 0 Å². The predicted molar refractivity (Wildman–Crippen MR) is 75.1 cm³/mol. The Morgan fingerprint density at radius 1 is 1.42 bits per heavy atom. The summed E-state index contributed by atoms with van der Waals surface area (Å²) in [5, 5.41) is 13.7. The maximum Gasteiger partial charge on any atom is 0.410 e. The van der Waals surface area contributed by atoms with Crippen LogP contribution in [0.3, 0.4) is 0 Å². The zero-order chi connectivity index (χ0) is 14.7. The molecule has 1 amide bonds. The fourth-order valence-electron chi connectivity index (χ4n) is 2.30. The Morgan fingerprint density at radius 2 is 1.95 bits per heavy atom. The van der Waals surface area contributed by atoms with Crippen LogP contribution < -0.4 is 5.32 Å². The lowest BCUT2D eigenvalue weighted by Crippen LogP contribution is -2.48. The largest absolute Gasteiger partial charge is 0.444 e. The number of aliphatic hydroxyl groups is 1.